The first kappa shape index (κ1) is 12.8. The molecular formula is C15H17N3O2. The maximum Gasteiger partial charge on any atom is 0.335 e. The molecule has 104 valence electrons. The summed E-state index contributed by atoms with van der Waals surface area (Å²) in [5.41, 5.74) is 0.903. The van der Waals surface area contributed by atoms with Gasteiger partial charge < -0.3 is 10.4 Å². The predicted octanol–water partition coefficient (Wildman–Crippen LogP) is 2.93. The van der Waals surface area contributed by atoms with E-state index in [0.717, 1.165) is 30.1 Å². The topological polar surface area (TPSA) is 75.1 Å². The molecule has 0 amide bonds. The predicted molar refractivity (Wildman–Crippen MR) is 76.9 cm³/mol. The van der Waals surface area contributed by atoms with Crippen LogP contribution in [0, 0.1) is 5.92 Å². The molecule has 0 radical (unpaired) electrons. The summed E-state index contributed by atoms with van der Waals surface area (Å²) in [7, 11) is 0. The molecule has 0 unspecified atom stereocenters. The zero-order valence-corrected chi connectivity index (χ0v) is 11.2. The SMILES string of the molecule is O=C(O)c1ccc2c(NCCCC3CC3)ncnc2c1. The third-order valence-corrected chi connectivity index (χ3v) is 3.66. The summed E-state index contributed by atoms with van der Waals surface area (Å²) >= 11 is 0. The minimum atomic E-state index is -0.940. The van der Waals surface area contributed by atoms with E-state index in [4.69, 9.17) is 5.11 Å². The second-order valence-corrected chi connectivity index (χ2v) is 5.27. The summed E-state index contributed by atoms with van der Waals surface area (Å²) in [6, 6.07) is 4.93. The number of carbonyl (C=O) groups is 1. The quantitative estimate of drug-likeness (QED) is 0.790. The fourth-order valence-electron chi connectivity index (χ4n) is 2.33. The van der Waals surface area contributed by atoms with Crippen LogP contribution < -0.4 is 5.32 Å². The van der Waals surface area contributed by atoms with Gasteiger partial charge in [-0.3, -0.25) is 0 Å². The Bertz CT molecular complexity index is 638. The van der Waals surface area contributed by atoms with Crippen molar-refractivity contribution in [2.75, 3.05) is 11.9 Å². The van der Waals surface area contributed by atoms with Gasteiger partial charge in [0, 0.05) is 11.9 Å². The summed E-state index contributed by atoms with van der Waals surface area (Å²) in [5.74, 6) is 0.782. The average molecular weight is 271 g/mol. The lowest BCUT2D eigenvalue weighted by Crippen LogP contribution is -2.05. The molecule has 1 fully saturated rings. The molecule has 1 aromatic heterocycles. The third-order valence-electron chi connectivity index (χ3n) is 3.66. The van der Waals surface area contributed by atoms with E-state index in [2.05, 4.69) is 15.3 Å². The Morgan fingerprint density at radius 1 is 1.35 bits per heavy atom. The summed E-state index contributed by atoms with van der Waals surface area (Å²) in [5, 5.41) is 13.2. The molecule has 2 aromatic rings. The van der Waals surface area contributed by atoms with E-state index >= 15 is 0 Å². The standard InChI is InChI=1S/C15H17N3O2/c19-15(20)11-5-6-12-13(8-11)17-9-18-14(12)16-7-1-2-10-3-4-10/h5-6,8-10H,1-4,7H2,(H,19,20)(H,16,17,18). The van der Waals surface area contributed by atoms with Crippen LogP contribution >= 0.6 is 0 Å². The molecule has 0 aliphatic heterocycles. The first-order valence-electron chi connectivity index (χ1n) is 6.96. The first-order valence-corrected chi connectivity index (χ1v) is 6.96. The van der Waals surface area contributed by atoms with E-state index in [1.165, 1.54) is 25.6 Å². The van der Waals surface area contributed by atoms with Crippen LogP contribution in [0.2, 0.25) is 0 Å². The van der Waals surface area contributed by atoms with E-state index in [-0.39, 0.29) is 5.56 Å². The van der Waals surface area contributed by atoms with Gasteiger partial charge in [0.2, 0.25) is 0 Å². The van der Waals surface area contributed by atoms with Crippen LogP contribution in [0.4, 0.5) is 5.82 Å². The van der Waals surface area contributed by atoms with Gasteiger partial charge in [-0.1, -0.05) is 12.8 Å². The van der Waals surface area contributed by atoms with Gasteiger partial charge in [0.1, 0.15) is 12.1 Å². The number of aromatic nitrogens is 2. The number of fused-ring (bicyclic) bond motifs is 1. The fraction of sp³-hybridized carbons (Fsp3) is 0.400. The number of nitrogens with one attached hydrogen (secondary N) is 1. The molecule has 0 spiro atoms. The van der Waals surface area contributed by atoms with Crippen LogP contribution in [0.3, 0.4) is 0 Å². The second kappa shape index (κ2) is 5.45. The second-order valence-electron chi connectivity index (χ2n) is 5.27. The minimum absolute atomic E-state index is 0.246. The smallest absolute Gasteiger partial charge is 0.335 e. The third kappa shape index (κ3) is 2.87. The number of hydrogen-bond donors (Lipinski definition) is 2. The van der Waals surface area contributed by atoms with Crippen molar-refractivity contribution in [2.24, 2.45) is 5.92 Å². The van der Waals surface area contributed by atoms with Crippen LogP contribution in [0.5, 0.6) is 0 Å². The maximum absolute atomic E-state index is 11.0. The molecule has 20 heavy (non-hydrogen) atoms. The van der Waals surface area contributed by atoms with Gasteiger partial charge in [-0.25, -0.2) is 14.8 Å². The number of nitrogens with zero attached hydrogens (tertiary/aromatic N) is 2. The Kier molecular flexibility index (Phi) is 3.50. The summed E-state index contributed by atoms with van der Waals surface area (Å²) in [6.07, 6.45) is 6.66. The Balaban J connectivity index is 1.74. The molecule has 1 heterocycles. The molecule has 0 atom stereocenters. The molecule has 1 aliphatic carbocycles. The van der Waals surface area contributed by atoms with Gasteiger partial charge in [-0.15, -0.1) is 0 Å². The van der Waals surface area contributed by atoms with E-state index in [1.807, 2.05) is 0 Å². The van der Waals surface area contributed by atoms with Crippen LogP contribution in [0.15, 0.2) is 24.5 Å². The average Bonchev–Trinajstić information content (AvgIpc) is 3.27. The summed E-state index contributed by atoms with van der Waals surface area (Å²) in [4.78, 5) is 19.3. The number of aromatic carboxylic acids is 1. The molecule has 1 aromatic carbocycles. The zero-order chi connectivity index (χ0) is 13.9. The first-order chi connectivity index (χ1) is 9.74. The van der Waals surface area contributed by atoms with Crippen molar-refractivity contribution in [3.05, 3.63) is 30.1 Å². The lowest BCUT2D eigenvalue weighted by Gasteiger charge is -2.08. The van der Waals surface area contributed by atoms with Crippen molar-refractivity contribution in [3.63, 3.8) is 0 Å². The van der Waals surface area contributed by atoms with Gasteiger partial charge in [0.15, 0.2) is 0 Å². The summed E-state index contributed by atoms with van der Waals surface area (Å²) in [6.45, 7) is 0.892. The van der Waals surface area contributed by atoms with Gasteiger partial charge >= 0.3 is 5.97 Å². The van der Waals surface area contributed by atoms with Crippen LogP contribution in [-0.4, -0.2) is 27.6 Å². The van der Waals surface area contributed by atoms with Crippen molar-refractivity contribution >= 4 is 22.7 Å². The van der Waals surface area contributed by atoms with Crippen molar-refractivity contribution in [2.45, 2.75) is 25.7 Å². The fourth-order valence-corrected chi connectivity index (χ4v) is 2.33. The largest absolute Gasteiger partial charge is 0.478 e. The highest BCUT2D eigenvalue weighted by atomic mass is 16.4. The Morgan fingerprint density at radius 3 is 2.95 bits per heavy atom. The lowest BCUT2D eigenvalue weighted by atomic mass is 10.1. The van der Waals surface area contributed by atoms with Crippen molar-refractivity contribution in [1.82, 2.24) is 9.97 Å². The lowest BCUT2D eigenvalue weighted by molar-refractivity contribution is 0.0697. The minimum Gasteiger partial charge on any atom is -0.478 e. The van der Waals surface area contributed by atoms with E-state index in [1.54, 1.807) is 18.2 Å². The molecule has 0 saturated heterocycles. The Labute approximate surface area is 117 Å². The van der Waals surface area contributed by atoms with Crippen LogP contribution in [0.25, 0.3) is 10.9 Å². The van der Waals surface area contributed by atoms with E-state index in [0.29, 0.717) is 5.52 Å². The maximum atomic E-state index is 11.0. The number of carboxylic acids is 1. The monoisotopic (exact) mass is 271 g/mol. The molecule has 1 saturated carbocycles. The summed E-state index contributed by atoms with van der Waals surface area (Å²) < 4.78 is 0. The normalized spacial score (nSPS) is 14.4. The number of rotatable bonds is 6. The van der Waals surface area contributed by atoms with E-state index in [9.17, 15) is 4.79 Å². The number of hydrogen-bond acceptors (Lipinski definition) is 4. The van der Waals surface area contributed by atoms with E-state index < -0.39 is 5.97 Å². The number of carboxylic acid groups (broad SMARTS) is 1. The number of anilines is 1. The van der Waals surface area contributed by atoms with Crippen molar-refractivity contribution in [3.8, 4) is 0 Å². The Morgan fingerprint density at radius 2 is 2.20 bits per heavy atom. The van der Waals surface area contributed by atoms with Crippen molar-refractivity contribution < 1.29 is 9.90 Å². The van der Waals surface area contributed by atoms with Gasteiger partial charge in [-0.05, 0) is 37.0 Å². The van der Waals surface area contributed by atoms with Crippen LogP contribution in [-0.2, 0) is 0 Å². The molecule has 5 heteroatoms. The highest BCUT2D eigenvalue weighted by Gasteiger charge is 2.20. The molecule has 5 nitrogen and oxygen atoms in total. The Hall–Kier alpha value is -2.17. The van der Waals surface area contributed by atoms with Crippen molar-refractivity contribution in [1.29, 1.82) is 0 Å². The molecular weight excluding hydrogens is 254 g/mol. The highest BCUT2D eigenvalue weighted by molar-refractivity contribution is 5.96. The zero-order valence-electron chi connectivity index (χ0n) is 11.2. The molecule has 3 rings (SSSR count). The molecule has 0 bridgehead atoms. The van der Waals surface area contributed by atoms with Gasteiger partial charge in [0.05, 0.1) is 11.1 Å². The van der Waals surface area contributed by atoms with Crippen LogP contribution in [0.1, 0.15) is 36.0 Å². The van der Waals surface area contributed by atoms with Gasteiger partial charge in [-0.2, -0.15) is 0 Å². The molecule has 2 N–H and O–H groups in total. The molecule has 1 aliphatic rings. The highest BCUT2D eigenvalue weighted by Crippen LogP contribution is 2.33. The number of benzene rings is 1. The van der Waals surface area contributed by atoms with Gasteiger partial charge in [0.25, 0.3) is 0 Å².